The van der Waals surface area contributed by atoms with Gasteiger partial charge < -0.3 is 30.9 Å². The number of hydrogen-bond acceptors (Lipinski definition) is 11. The molecule has 1 amide bonds. The zero-order valence-corrected chi connectivity index (χ0v) is 24.0. The van der Waals surface area contributed by atoms with E-state index in [0.717, 1.165) is 5.56 Å². The number of carbonyl (C=O) groups is 6. The zero-order chi connectivity index (χ0) is 31.4. The largest absolute Gasteiger partial charge is 0.507 e. The molecule has 5 rings (SSSR count). The number of anilines is 1. The number of fused-ring (bicyclic) bond motifs is 3. The number of nitrogens with two attached hydrogens (primary N) is 1. The second-order valence-corrected chi connectivity index (χ2v) is 11.7. The number of amides is 1. The van der Waals surface area contributed by atoms with E-state index in [9.17, 15) is 39.0 Å². The van der Waals surface area contributed by atoms with Crippen molar-refractivity contribution in [2.45, 2.75) is 38.0 Å². The predicted octanol–water partition coefficient (Wildman–Crippen LogP) is 0.469. The summed E-state index contributed by atoms with van der Waals surface area (Å²) in [5, 5.41) is 25.9. The minimum absolute atomic E-state index is 0.0345. The maximum absolute atomic E-state index is 14.0. The van der Waals surface area contributed by atoms with E-state index >= 15 is 0 Å². The molecule has 0 bridgehead atoms. The summed E-state index contributed by atoms with van der Waals surface area (Å²) in [5.74, 6) is -10.9. The van der Waals surface area contributed by atoms with Gasteiger partial charge >= 0.3 is 5.97 Å². The van der Waals surface area contributed by atoms with E-state index in [1.54, 1.807) is 49.3 Å². The molecule has 2 fully saturated rings. The Hall–Kier alpha value is -4.42. The molecule has 0 saturated heterocycles. The highest BCUT2D eigenvalue weighted by atomic mass is 16.5. The smallest absolute Gasteiger partial charge is 0.337 e. The molecule has 0 heterocycles. The fourth-order valence-corrected chi connectivity index (χ4v) is 6.82. The highest BCUT2D eigenvalue weighted by Gasteiger charge is 2.66. The fraction of sp³-hybridized carbons (Fsp3) is 0.419. The van der Waals surface area contributed by atoms with Crippen molar-refractivity contribution in [1.29, 1.82) is 0 Å². The number of phenolic OH excluding ortho intramolecular Hbond substituents is 1. The Balaban J connectivity index is 1.45. The summed E-state index contributed by atoms with van der Waals surface area (Å²) in [6.07, 6.45) is -0.145. The topological polar surface area (TPSA) is 193 Å². The van der Waals surface area contributed by atoms with Crippen LogP contribution in [0.15, 0.2) is 30.3 Å². The van der Waals surface area contributed by atoms with Gasteiger partial charge in [0, 0.05) is 50.8 Å². The number of rotatable bonds is 7. The lowest BCUT2D eigenvalue weighted by Crippen LogP contribution is -2.68. The van der Waals surface area contributed by atoms with Gasteiger partial charge in [0.05, 0.1) is 24.2 Å². The third kappa shape index (κ3) is 4.80. The van der Waals surface area contributed by atoms with Gasteiger partial charge in [-0.2, -0.15) is 0 Å². The molecular weight excluding hydrogens is 558 g/mol. The molecule has 0 spiro atoms. The van der Waals surface area contributed by atoms with Crippen LogP contribution in [0.1, 0.15) is 50.2 Å². The number of primary amides is 1. The molecule has 12 nitrogen and oxygen atoms in total. The number of phenols is 1. The van der Waals surface area contributed by atoms with Gasteiger partial charge in [-0.25, -0.2) is 4.79 Å². The van der Waals surface area contributed by atoms with Gasteiger partial charge in [-0.05, 0) is 48.1 Å². The lowest BCUT2D eigenvalue weighted by molar-refractivity contribution is -0.175. The van der Waals surface area contributed by atoms with Crippen LogP contribution in [0.25, 0.3) is 0 Å². The van der Waals surface area contributed by atoms with Crippen LogP contribution in [-0.2, 0) is 43.4 Å². The van der Waals surface area contributed by atoms with E-state index in [4.69, 9.17) is 10.5 Å². The molecule has 12 heteroatoms. The third-order valence-corrected chi connectivity index (χ3v) is 8.96. The normalized spacial score (nSPS) is 26.3. The van der Waals surface area contributed by atoms with Gasteiger partial charge in [-0.1, -0.05) is 12.1 Å². The first-order valence-corrected chi connectivity index (χ1v) is 13.9. The molecule has 0 aliphatic heterocycles. The van der Waals surface area contributed by atoms with Crippen molar-refractivity contribution in [2.24, 2.45) is 29.4 Å². The highest BCUT2D eigenvalue weighted by molar-refractivity contribution is 6.31. The van der Waals surface area contributed by atoms with Gasteiger partial charge in [0.15, 0.2) is 34.7 Å². The van der Waals surface area contributed by atoms with E-state index in [-0.39, 0.29) is 37.1 Å². The van der Waals surface area contributed by atoms with E-state index in [0.29, 0.717) is 28.9 Å². The van der Waals surface area contributed by atoms with Crippen molar-refractivity contribution in [3.05, 3.63) is 58.1 Å². The van der Waals surface area contributed by atoms with Gasteiger partial charge in [-0.3, -0.25) is 24.0 Å². The first kappa shape index (κ1) is 30.1. The van der Waals surface area contributed by atoms with Crippen LogP contribution in [0.4, 0.5) is 5.69 Å². The minimum atomic E-state index is -2.69. The van der Waals surface area contributed by atoms with Crippen LogP contribution in [0.2, 0.25) is 0 Å². The number of ether oxygens (including phenoxy) is 1. The van der Waals surface area contributed by atoms with Crippen LogP contribution in [0.5, 0.6) is 5.75 Å². The van der Waals surface area contributed by atoms with E-state index in [2.05, 4.69) is 5.32 Å². The Morgan fingerprint density at radius 3 is 2.35 bits per heavy atom. The van der Waals surface area contributed by atoms with Crippen LogP contribution in [-0.4, -0.2) is 72.0 Å². The van der Waals surface area contributed by atoms with Crippen LogP contribution in [0.3, 0.4) is 0 Å². The molecule has 0 radical (unpaired) electrons. The van der Waals surface area contributed by atoms with Crippen molar-refractivity contribution < 1.29 is 43.7 Å². The molecule has 2 aromatic carbocycles. The highest BCUT2D eigenvalue weighted by Crippen LogP contribution is 2.51. The molecule has 5 atom stereocenters. The third-order valence-electron chi connectivity index (χ3n) is 8.96. The Morgan fingerprint density at radius 2 is 1.74 bits per heavy atom. The van der Waals surface area contributed by atoms with Crippen molar-refractivity contribution in [1.82, 2.24) is 5.32 Å². The van der Waals surface area contributed by atoms with Gasteiger partial charge in [0.1, 0.15) is 5.75 Å². The summed E-state index contributed by atoms with van der Waals surface area (Å²) in [6.45, 7) is 0.531. The number of carbonyl (C=O) groups excluding carboxylic acids is 6. The molecular formula is C31H33N3O9. The second kappa shape index (κ2) is 11.0. The number of ketones is 4. The molecule has 226 valence electrons. The lowest BCUT2D eigenvalue weighted by Gasteiger charge is -2.48. The first-order chi connectivity index (χ1) is 20.3. The predicted molar refractivity (Wildman–Crippen MR) is 151 cm³/mol. The number of Topliss-reactive ketones (excluding diaryl/α,β-unsaturated/α-hetero) is 4. The Labute approximate surface area is 247 Å². The number of aromatic hydroxyl groups is 1. The Bertz CT molecular complexity index is 1570. The lowest BCUT2D eigenvalue weighted by atomic mass is 9.53. The number of methoxy groups -OCH3 is 1. The van der Waals surface area contributed by atoms with E-state index in [1.165, 1.54) is 7.11 Å². The average molecular weight is 592 g/mol. The fourth-order valence-electron chi connectivity index (χ4n) is 6.82. The molecule has 43 heavy (non-hydrogen) atoms. The quantitative estimate of drug-likeness (QED) is 0.258. The van der Waals surface area contributed by atoms with Crippen molar-refractivity contribution >= 4 is 40.7 Å². The second-order valence-electron chi connectivity index (χ2n) is 11.7. The minimum Gasteiger partial charge on any atom is -0.507 e. The van der Waals surface area contributed by atoms with Crippen LogP contribution in [0, 0.1) is 23.7 Å². The first-order valence-electron chi connectivity index (χ1n) is 13.9. The average Bonchev–Trinajstić information content (AvgIpc) is 2.95. The van der Waals surface area contributed by atoms with Crippen LogP contribution >= 0.6 is 0 Å². The molecule has 2 saturated carbocycles. The monoisotopic (exact) mass is 591 g/mol. The summed E-state index contributed by atoms with van der Waals surface area (Å²) in [4.78, 5) is 78.8. The molecule has 4 unspecified atom stereocenters. The summed E-state index contributed by atoms with van der Waals surface area (Å²) >= 11 is 0. The molecule has 0 aromatic heterocycles. The van der Waals surface area contributed by atoms with Gasteiger partial charge in [-0.15, -0.1) is 0 Å². The molecule has 5 N–H and O–H groups in total. The number of esters is 1. The number of hydrogen-bond donors (Lipinski definition) is 4. The summed E-state index contributed by atoms with van der Waals surface area (Å²) in [7, 11) is 4.88. The zero-order valence-electron chi connectivity index (χ0n) is 24.0. The van der Waals surface area contributed by atoms with Crippen LogP contribution < -0.4 is 16.0 Å². The van der Waals surface area contributed by atoms with E-state index < -0.39 is 64.3 Å². The molecule has 3 aliphatic rings. The van der Waals surface area contributed by atoms with Crippen molar-refractivity contribution in [2.75, 3.05) is 26.1 Å². The maximum atomic E-state index is 14.0. The van der Waals surface area contributed by atoms with E-state index in [1.807, 2.05) is 0 Å². The number of nitrogens with one attached hydrogen (secondary N) is 1. The standard InChI is InChI=1S/C31H33N3O9/c1-34(2)20-10-17(13-33-12-14-4-6-15(7-5-14)30(41)43-3)25(36)23-19(20)9-16-8-18-11-21(35)24(29(32)40)28(39)31(18,42)27(38)22(16)26(23)37/h4-7,10,16,18,22,24,33,36,42H,8-9,11-13H2,1-3H3,(H2,32,40)/t16?,18?,22?,24?,31-/m0/s1. The summed E-state index contributed by atoms with van der Waals surface area (Å²) < 4.78 is 4.71. The number of aliphatic hydroxyl groups is 1. The molecule has 3 aliphatic carbocycles. The SMILES string of the molecule is COC(=O)c1ccc(CNCc2cc(N(C)C)c3c(c2O)C(=O)C2C(=O)[C@]4(O)C(=O)C(C(N)=O)C(=O)CC4CC2C3)cc1. The number of nitrogens with zero attached hydrogens (tertiary/aromatic N) is 1. The van der Waals surface area contributed by atoms with Gasteiger partial charge in [0.25, 0.3) is 0 Å². The van der Waals surface area contributed by atoms with Gasteiger partial charge in [0.2, 0.25) is 5.91 Å². The van der Waals surface area contributed by atoms with Crippen molar-refractivity contribution in [3.63, 3.8) is 0 Å². The van der Waals surface area contributed by atoms with Crippen molar-refractivity contribution in [3.8, 4) is 5.75 Å². The Morgan fingerprint density at radius 1 is 1.07 bits per heavy atom. The Kier molecular flexibility index (Phi) is 7.69. The maximum Gasteiger partial charge on any atom is 0.337 e. The summed E-state index contributed by atoms with van der Waals surface area (Å²) in [5.41, 5.74) is 5.38. The number of benzene rings is 2. The summed E-state index contributed by atoms with van der Waals surface area (Å²) in [6, 6.07) is 8.56. The molecule has 2 aromatic rings.